The normalized spacial score (nSPS) is 17.3. The first-order valence-corrected chi connectivity index (χ1v) is 6.93. The molecule has 0 spiro atoms. The lowest BCUT2D eigenvalue weighted by Gasteiger charge is -2.36. The maximum Gasteiger partial charge on any atom is 0.321 e. The maximum atomic E-state index is 12.2. The highest BCUT2D eigenvalue weighted by Gasteiger charge is 2.27. The van der Waals surface area contributed by atoms with E-state index < -0.39 is 12.0 Å². The summed E-state index contributed by atoms with van der Waals surface area (Å²) in [5.41, 5.74) is 1.47. The van der Waals surface area contributed by atoms with Gasteiger partial charge in [-0.05, 0) is 26.0 Å². The van der Waals surface area contributed by atoms with Gasteiger partial charge in [-0.15, -0.1) is 0 Å². The number of aliphatic carboxylic acids is 1. The van der Waals surface area contributed by atoms with Crippen molar-refractivity contribution in [2.45, 2.75) is 19.9 Å². The van der Waals surface area contributed by atoms with Gasteiger partial charge in [0.2, 0.25) is 0 Å². The van der Waals surface area contributed by atoms with Crippen LogP contribution in [0.2, 0.25) is 0 Å². The first-order valence-electron chi connectivity index (χ1n) is 6.93. The van der Waals surface area contributed by atoms with Gasteiger partial charge in [0.05, 0.1) is 11.4 Å². The van der Waals surface area contributed by atoms with Crippen LogP contribution in [-0.4, -0.2) is 64.1 Å². The predicted octanol–water partition coefficient (Wildman–Crippen LogP) is 1.01. The van der Waals surface area contributed by atoms with Crippen molar-refractivity contribution < 1.29 is 14.7 Å². The molecule has 0 aliphatic carbocycles. The zero-order valence-electron chi connectivity index (χ0n) is 12.2. The molecule has 1 saturated heterocycles. The van der Waals surface area contributed by atoms with E-state index in [1.165, 1.54) is 0 Å². The number of carboxylic acid groups (broad SMARTS) is 1. The average molecular weight is 292 g/mol. The lowest BCUT2D eigenvalue weighted by molar-refractivity contribution is -0.143. The predicted molar refractivity (Wildman–Crippen MR) is 78.2 cm³/mol. The molecular weight excluding hydrogens is 272 g/mol. The van der Waals surface area contributed by atoms with Crippen LogP contribution < -0.4 is 5.32 Å². The van der Waals surface area contributed by atoms with E-state index in [2.05, 4.69) is 10.3 Å². The summed E-state index contributed by atoms with van der Waals surface area (Å²) < 4.78 is 0. The minimum absolute atomic E-state index is 0.172. The number of aryl methyl sites for hydroxylation is 1. The second kappa shape index (κ2) is 6.53. The van der Waals surface area contributed by atoms with Crippen LogP contribution in [0.5, 0.6) is 0 Å². The number of anilines is 1. The number of carboxylic acids is 1. The van der Waals surface area contributed by atoms with E-state index >= 15 is 0 Å². The van der Waals surface area contributed by atoms with Crippen molar-refractivity contribution in [3.63, 3.8) is 0 Å². The molecule has 0 saturated carbocycles. The molecule has 2 heterocycles. The van der Waals surface area contributed by atoms with Crippen molar-refractivity contribution in [1.82, 2.24) is 14.8 Å². The largest absolute Gasteiger partial charge is 0.480 e. The van der Waals surface area contributed by atoms with Gasteiger partial charge in [-0.25, -0.2) is 4.79 Å². The van der Waals surface area contributed by atoms with Gasteiger partial charge in [-0.2, -0.15) is 0 Å². The van der Waals surface area contributed by atoms with Crippen LogP contribution in [0.4, 0.5) is 10.5 Å². The third-order valence-electron chi connectivity index (χ3n) is 3.76. The second-order valence-electron chi connectivity index (χ2n) is 5.10. The molecule has 2 amide bonds. The van der Waals surface area contributed by atoms with Crippen LogP contribution in [0.3, 0.4) is 0 Å². The van der Waals surface area contributed by atoms with E-state index in [-0.39, 0.29) is 6.03 Å². The molecule has 7 heteroatoms. The van der Waals surface area contributed by atoms with Gasteiger partial charge in [0.15, 0.2) is 0 Å². The third-order valence-corrected chi connectivity index (χ3v) is 3.76. The Morgan fingerprint density at radius 3 is 2.57 bits per heavy atom. The van der Waals surface area contributed by atoms with Gasteiger partial charge in [-0.3, -0.25) is 14.7 Å². The summed E-state index contributed by atoms with van der Waals surface area (Å²) in [7, 11) is 0. The number of rotatable bonds is 3. The number of hydrogen-bond donors (Lipinski definition) is 2. The number of piperazine rings is 1. The Bertz CT molecular complexity index is 527. The Labute approximate surface area is 123 Å². The van der Waals surface area contributed by atoms with E-state index in [9.17, 15) is 9.59 Å². The maximum absolute atomic E-state index is 12.2. The number of amides is 2. The fourth-order valence-corrected chi connectivity index (χ4v) is 2.28. The molecule has 1 aromatic rings. The van der Waals surface area contributed by atoms with Crippen LogP contribution >= 0.6 is 0 Å². The molecule has 0 bridgehead atoms. The number of carbonyl (C=O) groups is 2. The lowest BCUT2D eigenvalue weighted by atomic mass is 10.2. The molecule has 1 atom stereocenters. The Hall–Kier alpha value is -2.15. The molecule has 2 rings (SSSR count). The Kier molecular flexibility index (Phi) is 4.74. The highest BCUT2D eigenvalue weighted by molar-refractivity contribution is 5.89. The fraction of sp³-hybridized carbons (Fsp3) is 0.500. The smallest absolute Gasteiger partial charge is 0.321 e. The Balaban J connectivity index is 1.89. The molecule has 21 heavy (non-hydrogen) atoms. The molecule has 1 aliphatic rings. The number of nitrogens with zero attached hydrogens (tertiary/aromatic N) is 3. The molecular formula is C14H20N4O3. The summed E-state index contributed by atoms with van der Waals surface area (Å²) in [6, 6.07) is 2.89. The minimum atomic E-state index is -0.834. The third kappa shape index (κ3) is 3.69. The van der Waals surface area contributed by atoms with E-state index in [0.717, 1.165) is 5.69 Å². The van der Waals surface area contributed by atoms with Gasteiger partial charge < -0.3 is 15.3 Å². The van der Waals surface area contributed by atoms with Crippen LogP contribution in [0.1, 0.15) is 12.6 Å². The first-order chi connectivity index (χ1) is 9.99. The standard InChI is InChI=1S/C14H20N4O3/c1-10-12(4-3-5-15-10)16-14(21)18-8-6-17(7-9-18)11(2)13(19)20/h3-5,11H,6-9H2,1-2H3,(H,16,21)(H,19,20). The van der Waals surface area contributed by atoms with Crippen molar-refractivity contribution >= 4 is 17.7 Å². The molecule has 2 N–H and O–H groups in total. The van der Waals surface area contributed by atoms with Crippen LogP contribution in [0.15, 0.2) is 18.3 Å². The number of nitrogens with one attached hydrogen (secondary N) is 1. The van der Waals surface area contributed by atoms with E-state index in [1.807, 2.05) is 17.9 Å². The summed E-state index contributed by atoms with van der Waals surface area (Å²) >= 11 is 0. The second-order valence-corrected chi connectivity index (χ2v) is 5.10. The summed E-state index contributed by atoms with van der Waals surface area (Å²) in [6.07, 6.45) is 1.68. The van der Waals surface area contributed by atoms with Crippen molar-refractivity contribution in [1.29, 1.82) is 0 Å². The van der Waals surface area contributed by atoms with Crippen molar-refractivity contribution in [3.8, 4) is 0 Å². The average Bonchev–Trinajstić information content (AvgIpc) is 2.49. The molecule has 1 unspecified atom stereocenters. The summed E-state index contributed by atoms with van der Waals surface area (Å²) in [5, 5.41) is 11.8. The number of hydrogen-bond acceptors (Lipinski definition) is 4. The van der Waals surface area contributed by atoms with Crippen LogP contribution in [-0.2, 0) is 4.79 Å². The zero-order chi connectivity index (χ0) is 15.4. The highest BCUT2D eigenvalue weighted by atomic mass is 16.4. The molecule has 0 radical (unpaired) electrons. The number of pyridine rings is 1. The summed E-state index contributed by atoms with van der Waals surface area (Å²) in [4.78, 5) is 30.8. The van der Waals surface area contributed by atoms with Gasteiger partial charge in [0.1, 0.15) is 6.04 Å². The number of aromatic nitrogens is 1. The van der Waals surface area contributed by atoms with Crippen molar-refractivity contribution in [2.75, 3.05) is 31.5 Å². The minimum Gasteiger partial charge on any atom is -0.480 e. The molecule has 1 aliphatic heterocycles. The molecule has 1 aromatic heterocycles. The SMILES string of the molecule is Cc1ncccc1NC(=O)N1CCN(C(C)C(=O)O)CC1. The van der Waals surface area contributed by atoms with Gasteiger partial charge in [0.25, 0.3) is 0 Å². The highest BCUT2D eigenvalue weighted by Crippen LogP contribution is 2.13. The Morgan fingerprint density at radius 2 is 2.00 bits per heavy atom. The number of carbonyl (C=O) groups excluding carboxylic acids is 1. The molecule has 114 valence electrons. The topological polar surface area (TPSA) is 85.8 Å². The summed E-state index contributed by atoms with van der Waals surface area (Å²) in [5.74, 6) is -0.834. The Morgan fingerprint density at radius 1 is 1.33 bits per heavy atom. The van der Waals surface area contributed by atoms with Crippen LogP contribution in [0.25, 0.3) is 0 Å². The summed E-state index contributed by atoms with van der Waals surface area (Å²) in [6.45, 7) is 5.66. The van der Waals surface area contributed by atoms with Gasteiger partial charge in [0, 0.05) is 32.4 Å². The van der Waals surface area contributed by atoms with Gasteiger partial charge >= 0.3 is 12.0 Å². The lowest BCUT2D eigenvalue weighted by Crippen LogP contribution is -2.54. The van der Waals surface area contributed by atoms with Gasteiger partial charge in [-0.1, -0.05) is 0 Å². The monoisotopic (exact) mass is 292 g/mol. The molecule has 0 aromatic carbocycles. The van der Waals surface area contributed by atoms with Crippen molar-refractivity contribution in [3.05, 3.63) is 24.0 Å². The van der Waals surface area contributed by atoms with E-state index in [4.69, 9.17) is 5.11 Å². The van der Waals surface area contributed by atoms with Crippen molar-refractivity contribution in [2.24, 2.45) is 0 Å². The quantitative estimate of drug-likeness (QED) is 0.868. The molecule has 1 fully saturated rings. The first kappa shape index (κ1) is 15.2. The molecule has 7 nitrogen and oxygen atoms in total. The fourth-order valence-electron chi connectivity index (χ4n) is 2.28. The zero-order valence-corrected chi connectivity index (χ0v) is 12.2. The van der Waals surface area contributed by atoms with E-state index in [1.54, 1.807) is 24.1 Å². The number of urea groups is 1. The van der Waals surface area contributed by atoms with E-state index in [0.29, 0.717) is 31.9 Å². The van der Waals surface area contributed by atoms with Crippen LogP contribution in [0, 0.1) is 6.92 Å².